The lowest BCUT2D eigenvalue weighted by Gasteiger charge is -2.19. The Labute approximate surface area is 215 Å². The first-order valence-corrected chi connectivity index (χ1v) is 13.0. The fourth-order valence-electron chi connectivity index (χ4n) is 4.28. The first-order chi connectivity index (χ1) is 17.1. The number of amides is 2. The fraction of sp³-hybridized carbons (Fsp3) is 0.462. The zero-order valence-corrected chi connectivity index (χ0v) is 22.7. The van der Waals surface area contributed by atoms with Crippen molar-refractivity contribution >= 4 is 28.5 Å². The van der Waals surface area contributed by atoms with Crippen LogP contribution in [0, 0.1) is 13.8 Å². The molecule has 36 heavy (non-hydrogen) atoms. The number of methoxy groups -OCH3 is 2. The zero-order valence-electron chi connectivity index (χ0n) is 21.9. The molecule has 1 unspecified atom stereocenters. The van der Waals surface area contributed by atoms with E-state index in [2.05, 4.69) is 22.6 Å². The number of rotatable bonds is 9. The Morgan fingerprint density at radius 3 is 2.19 bits per heavy atom. The van der Waals surface area contributed by atoms with E-state index < -0.39 is 16.9 Å². The Balaban J connectivity index is 1.57. The van der Waals surface area contributed by atoms with Crippen LogP contribution in [0.15, 0.2) is 29.2 Å². The predicted molar refractivity (Wildman–Crippen MR) is 141 cm³/mol. The van der Waals surface area contributed by atoms with Crippen LogP contribution >= 0.6 is 0 Å². The lowest BCUT2D eigenvalue weighted by Crippen LogP contribution is -2.39. The molecule has 10 heteroatoms. The minimum absolute atomic E-state index is 0.125. The molecule has 0 spiro atoms. The Bertz CT molecular complexity index is 1130. The van der Waals surface area contributed by atoms with Crippen LogP contribution in [0.4, 0.5) is 5.69 Å². The number of carbonyl (C=O) groups is 2. The van der Waals surface area contributed by atoms with E-state index in [1.54, 1.807) is 21.3 Å². The minimum Gasteiger partial charge on any atom is -0.497 e. The maximum absolute atomic E-state index is 13.1. The zero-order chi connectivity index (χ0) is 26.4. The number of hydrogen-bond acceptors (Lipinski definition) is 6. The van der Waals surface area contributed by atoms with Gasteiger partial charge in [0.25, 0.3) is 0 Å². The van der Waals surface area contributed by atoms with Crippen molar-refractivity contribution in [3.8, 4) is 11.5 Å². The second-order valence-electron chi connectivity index (χ2n) is 9.07. The normalized spacial score (nSPS) is 14.5. The van der Waals surface area contributed by atoms with Crippen LogP contribution in [0.5, 0.6) is 11.5 Å². The number of aryl methyl sites for hydroxylation is 2. The summed E-state index contributed by atoms with van der Waals surface area (Å²) in [5.74, 6) is 0.522. The molecule has 1 atom stereocenters. The quantitative estimate of drug-likeness (QED) is 0.529. The monoisotopic (exact) mass is 516 g/mol. The van der Waals surface area contributed by atoms with Gasteiger partial charge in [0.15, 0.2) is 0 Å². The van der Waals surface area contributed by atoms with Gasteiger partial charge in [0, 0.05) is 20.1 Å². The molecular weight excluding hydrogens is 480 g/mol. The van der Waals surface area contributed by atoms with Crippen molar-refractivity contribution in [2.24, 2.45) is 0 Å². The van der Waals surface area contributed by atoms with Gasteiger partial charge in [-0.05, 0) is 80.3 Å². The molecule has 0 radical (unpaired) electrons. The fourth-order valence-corrected chi connectivity index (χ4v) is 5.50. The molecule has 0 aromatic heterocycles. The smallest absolute Gasteiger partial charge is 0.243 e. The highest BCUT2D eigenvalue weighted by Crippen LogP contribution is 2.30. The van der Waals surface area contributed by atoms with Crippen LogP contribution in [0.1, 0.15) is 22.3 Å². The van der Waals surface area contributed by atoms with E-state index in [0.29, 0.717) is 22.1 Å². The van der Waals surface area contributed by atoms with Gasteiger partial charge in [-0.1, -0.05) is 0 Å². The highest BCUT2D eigenvalue weighted by molar-refractivity contribution is 7.82. The number of benzene rings is 2. The van der Waals surface area contributed by atoms with Crippen LogP contribution in [0.2, 0.25) is 0 Å². The van der Waals surface area contributed by atoms with Crippen LogP contribution in [-0.2, 0) is 33.4 Å². The van der Waals surface area contributed by atoms with Crippen molar-refractivity contribution in [2.45, 2.75) is 31.6 Å². The van der Waals surface area contributed by atoms with E-state index in [9.17, 15) is 13.8 Å². The molecule has 0 aliphatic carbocycles. The van der Waals surface area contributed by atoms with Crippen LogP contribution in [0.25, 0.3) is 0 Å². The van der Waals surface area contributed by atoms with Crippen molar-refractivity contribution in [3.63, 3.8) is 0 Å². The van der Waals surface area contributed by atoms with Gasteiger partial charge in [0.2, 0.25) is 11.8 Å². The van der Waals surface area contributed by atoms with Gasteiger partial charge in [-0.2, -0.15) is 0 Å². The molecule has 0 fully saturated rings. The number of nitrogens with one attached hydrogen (secondary N) is 2. The molecule has 0 bridgehead atoms. The third-order valence-corrected chi connectivity index (χ3v) is 7.95. The van der Waals surface area contributed by atoms with Gasteiger partial charge < -0.3 is 25.0 Å². The molecular formula is C26H36N4O5S. The molecule has 2 amide bonds. The van der Waals surface area contributed by atoms with Crippen molar-refractivity contribution < 1.29 is 23.3 Å². The standard InChI is InChI=1S/C26H36N4O5S/c1-17-11-21(34-5)12-18(2)26(17)36(33)30(4)16-25(32)27-15-24(31)28-22-13-19-7-9-29(3)10-8-20(19)14-23(22)35-6/h11-14H,7-10,15-16H2,1-6H3,(H,27,32)(H,28,31). The Kier molecular flexibility index (Phi) is 9.47. The summed E-state index contributed by atoms with van der Waals surface area (Å²) in [7, 11) is 5.32. The van der Waals surface area contributed by atoms with E-state index in [4.69, 9.17) is 9.47 Å². The minimum atomic E-state index is -1.54. The predicted octanol–water partition coefficient (Wildman–Crippen LogP) is 2.06. The highest BCUT2D eigenvalue weighted by Gasteiger charge is 2.20. The van der Waals surface area contributed by atoms with E-state index in [0.717, 1.165) is 37.1 Å². The van der Waals surface area contributed by atoms with E-state index in [1.807, 2.05) is 38.1 Å². The third-order valence-electron chi connectivity index (χ3n) is 6.26. The summed E-state index contributed by atoms with van der Waals surface area (Å²) >= 11 is 0. The average Bonchev–Trinajstić information content (AvgIpc) is 3.02. The summed E-state index contributed by atoms with van der Waals surface area (Å²) in [5.41, 5.74) is 4.63. The van der Waals surface area contributed by atoms with Crippen LogP contribution in [-0.4, -0.2) is 79.7 Å². The summed E-state index contributed by atoms with van der Waals surface area (Å²) in [6, 6.07) is 7.57. The van der Waals surface area contributed by atoms with Gasteiger partial charge in [0.1, 0.15) is 22.5 Å². The van der Waals surface area contributed by atoms with Crippen LogP contribution in [0.3, 0.4) is 0 Å². The molecule has 196 valence electrons. The lowest BCUT2D eigenvalue weighted by atomic mass is 10.0. The number of ether oxygens (including phenoxy) is 2. The number of nitrogens with zero attached hydrogens (tertiary/aromatic N) is 2. The number of hydrogen-bond donors (Lipinski definition) is 2. The summed E-state index contributed by atoms with van der Waals surface area (Å²) in [6.07, 6.45) is 1.82. The molecule has 2 aromatic carbocycles. The second kappa shape index (κ2) is 12.3. The summed E-state index contributed by atoms with van der Waals surface area (Å²) in [6.45, 7) is 5.31. The Morgan fingerprint density at radius 1 is 1.00 bits per heavy atom. The SMILES string of the molecule is COc1cc(C)c(S(=O)N(C)CC(=O)NCC(=O)Nc2cc3c(cc2OC)CCN(C)CC3)c(C)c1. The van der Waals surface area contributed by atoms with Crippen molar-refractivity contribution in [1.29, 1.82) is 0 Å². The van der Waals surface area contributed by atoms with Gasteiger partial charge in [-0.15, -0.1) is 0 Å². The average molecular weight is 517 g/mol. The van der Waals surface area contributed by atoms with Gasteiger partial charge in [-0.3, -0.25) is 9.59 Å². The number of likely N-dealkylation sites (N-methyl/N-ethyl adjacent to an activating group) is 2. The molecule has 2 aromatic rings. The van der Waals surface area contributed by atoms with E-state index in [-0.39, 0.29) is 19.0 Å². The summed E-state index contributed by atoms with van der Waals surface area (Å²) in [4.78, 5) is 28.0. The molecule has 1 aliphatic rings. The van der Waals surface area contributed by atoms with Crippen molar-refractivity contribution in [3.05, 3.63) is 46.5 Å². The summed E-state index contributed by atoms with van der Waals surface area (Å²) in [5, 5.41) is 5.46. The van der Waals surface area contributed by atoms with E-state index >= 15 is 0 Å². The lowest BCUT2D eigenvalue weighted by molar-refractivity contribution is -0.124. The molecule has 0 saturated carbocycles. The largest absolute Gasteiger partial charge is 0.497 e. The molecule has 1 heterocycles. The van der Waals surface area contributed by atoms with Crippen molar-refractivity contribution in [2.75, 3.05) is 59.8 Å². The number of carbonyl (C=O) groups excluding carboxylic acids is 2. The molecule has 0 saturated heterocycles. The molecule has 3 rings (SSSR count). The first-order valence-electron chi connectivity index (χ1n) is 11.9. The Morgan fingerprint density at radius 2 is 1.61 bits per heavy atom. The van der Waals surface area contributed by atoms with Gasteiger partial charge >= 0.3 is 0 Å². The number of anilines is 1. The topological polar surface area (TPSA) is 100 Å². The summed E-state index contributed by atoms with van der Waals surface area (Å²) < 4.78 is 25.3. The van der Waals surface area contributed by atoms with Crippen molar-refractivity contribution in [1.82, 2.24) is 14.5 Å². The molecule has 2 N–H and O–H groups in total. The third kappa shape index (κ3) is 6.83. The maximum atomic E-state index is 13.1. The molecule has 1 aliphatic heterocycles. The maximum Gasteiger partial charge on any atom is 0.243 e. The second-order valence-corrected chi connectivity index (χ2v) is 10.6. The molecule has 9 nitrogen and oxygen atoms in total. The van der Waals surface area contributed by atoms with E-state index in [1.165, 1.54) is 15.4 Å². The number of fused-ring (bicyclic) bond motifs is 1. The highest BCUT2D eigenvalue weighted by atomic mass is 32.2. The van der Waals surface area contributed by atoms with Crippen LogP contribution < -0.4 is 20.1 Å². The van der Waals surface area contributed by atoms with Gasteiger partial charge in [0.05, 0.1) is 37.9 Å². The van der Waals surface area contributed by atoms with Gasteiger partial charge in [-0.25, -0.2) is 8.51 Å². The first kappa shape index (κ1) is 27.6. The Hall–Kier alpha value is -2.95.